The van der Waals surface area contributed by atoms with Crippen LogP contribution in [0.4, 0.5) is 4.79 Å². The fraction of sp³-hybridized carbons (Fsp3) is 0.316. The normalized spacial score (nSPS) is 14.9. The maximum Gasteiger partial charge on any atom is 0.315 e. The smallest absolute Gasteiger partial charge is 0.315 e. The molecule has 4 nitrogen and oxygen atoms in total. The molecule has 0 heterocycles. The minimum atomic E-state index is -0.219. The van der Waals surface area contributed by atoms with E-state index in [0.29, 0.717) is 6.54 Å². The summed E-state index contributed by atoms with van der Waals surface area (Å²) in [6, 6.07) is 15.9. The van der Waals surface area contributed by atoms with Crippen LogP contribution in [0.25, 0.3) is 0 Å². The number of hydrogen-bond donors (Lipinski definition) is 2. The van der Waals surface area contributed by atoms with Crippen molar-refractivity contribution in [1.82, 2.24) is 10.6 Å². The fourth-order valence-electron chi connectivity index (χ4n) is 2.79. The Labute approximate surface area is 136 Å². The number of carbonyl (C=O) groups excluding carboxylic acids is 1. The Bertz CT molecular complexity index is 691. The standard InChI is InChI=1S/C19H22N2O2/c1-14-4-3-5-15(12-14)13-20-18(22)21-19(10-11-19)16-6-8-17(23-2)9-7-16/h3-9,12H,10-11,13H2,1-2H3,(H2,20,21,22). The van der Waals surface area contributed by atoms with E-state index in [1.54, 1.807) is 7.11 Å². The van der Waals surface area contributed by atoms with Gasteiger partial charge in [0, 0.05) is 6.54 Å². The Kier molecular flexibility index (Phi) is 4.24. The van der Waals surface area contributed by atoms with Gasteiger partial charge in [0.15, 0.2) is 0 Å². The van der Waals surface area contributed by atoms with Crippen molar-refractivity contribution in [3.05, 3.63) is 65.2 Å². The van der Waals surface area contributed by atoms with Crippen molar-refractivity contribution in [1.29, 1.82) is 0 Å². The summed E-state index contributed by atoms with van der Waals surface area (Å²) in [4.78, 5) is 12.2. The summed E-state index contributed by atoms with van der Waals surface area (Å²) in [6.45, 7) is 2.58. The van der Waals surface area contributed by atoms with Gasteiger partial charge in [-0.05, 0) is 43.0 Å². The Morgan fingerprint density at radius 2 is 1.91 bits per heavy atom. The summed E-state index contributed by atoms with van der Waals surface area (Å²) in [5.74, 6) is 0.827. The van der Waals surface area contributed by atoms with E-state index in [9.17, 15) is 4.79 Å². The molecule has 1 aliphatic rings. The number of benzene rings is 2. The summed E-state index contributed by atoms with van der Waals surface area (Å²) in [5, 5.41) is 6.06. The van der Waals surface area contributed by atoms with Crippen LogP contribution in [0.15, 0.2) is 48.5 Å². The first-order valence-electron chi connectivity index (χ1n) is 7.87. The number of carbonyl (C=O) groups is 1. The van der Waals surface area contributed by atoms with Crippen molar-refractivity contribution in [2.45, 2.75) is 31.8 Å². The van der Waals surface area contributed by atoms with Crippen LogP contribution >= 0.6 is 0 Å². The molecule has 2 aromatic rings. The molecule has 0 aromatic heterocycles. The van der Waals surface area contributed by atoms with E-state index in [0.717, 1.165) is 29.7 Å². The molecular formula is C19H22N2O2. The fourth-order valence-corrected chi connectivity index (χ4v) is 2.79. The van der Waals surface area contributed by atoms with E-state index in [-0.39, 0.29) is 11.6 Å². The third kappa shape index (κ3) is 3.65. The second-order valence-corrected chi connectivity index (χ2v) is 6.11. The van der Waals surface area contributed by atoms with Crippen molar-refractivity contribution in [2.24, 2.45) is 0 Å². The van der Waals surface area contributed by atoms with E-state index in [2.05, 4.69) is 16.7 Å². The lowest BCUT2D eigenvalue weighted by molar-refractivity contribution is 0.235. The lowest BCUT2D eigenvalue weighted by atomic mass is 10.1. The lowest BCUT2D eigenvalue weighted by Crippen LogP contribution is -2.41. The molecule has 3 rings (SSSR count). The van der Waals surface area contributed by atoms with Gasteiger partial charge in [-0.1, -0.05) is 42.0 Å². The zero-order valence-corrected chi connectivity index (χ0v) is 13.6. The van der Waals surface area contributed by atoms with Crippen LogP contribution < -0.4 is 15.4 Å². The Hall–Kier alpha value is -2.49. The molecule has 0 bridgehead atoms. The summed E-state index contributed by atoms with van der Waals surface area (Å²) in [5.41, 5.74) is 3.21. The van der Waals surface area contributed by atoms with Gasteiger partial charge in [-0.25, -0.2) is 4.79 Å². The van der Waals surface area contributed by atoms with Gasteiger partial charge in [-0.2, -0.15) is 0 Å². The third-order valence-corrected chi connectivity index (χ3v) is 4.28. The molecule has 0 unspecified atom stereocenters. The topological polar surface area (TPSA) is 50.4 Å². The number of amides is 2. The second kappa shape index (κ2) is 6.32. The molecule has 1 aliphatic carbocycles. The van der Waals surface area contributed by atoms with Crippen molar-refractivity contribution in [3.63, 3.8) is 0 Å². The highest BCUT2D eigenvalue weighted by Crippen LogP contribution is 2.45. The number of hydrogen-bond acceptors (Lipinski definition) is 2. The van der Waals surface area contributed by atoms with Crippen LogP contribution in [0.2, 0.25) is 0 Å². The summed E-state index contributed by atoms with van der Waals surface area (Å²) in [7, 11) is 1.65. The molecular weight excluding hydrogens is 288 g/mol. The van der Waals surface area contributed by atoms with Gasteiger partial charge in [0.2, 0.25) is 0 Å². The molecule has 120 valence electrons. The highest BCUT2D eigenvalue weighted by atomic mass is 16.5. The quantitative estimate of drug-likeness (QED) is 0.888. The van der Waals surface area contributed by atoms with E-state index >= 15 is 0 Å². The van der Waals surface area contributed by atoms with Gasteiger partial charge in [0.1, 0.15) is 5.75 Å². The molecule has 23 heavy (non-hydrogen) atoms. The predicted molar refractivity (Wildman–Crippen MR) is 90.5 cm³/mol. The van der Waals surface area contributed by atoms with Crippen LogP contribution in [0.5, 0.6) is 5.75 Å². The van der Waals surface area contributed by atoms with Crippen LogP contribution in [-0.4, -0.2) is 13.1 Å². The van der Waals surface area contributed by atoms with Crippen molar-refractivity contribution in [3.8, 4) is 5.75 Å². The number of aryl methyl sites for hydroxylation is 1. The SMILES string of the molecule is COc1ccc(C2(NC(=O)NCc3cccc(C)c3)CC2)cc1. The van der Waals surface area contributed by atoms with Crippen LogP contribution in [0, 0.1) is 6.92 Å². The largest absolute Gasteiger partial charge is 0.497 e. The Morgan fingerprint density at radius 1 is 1.17 bits per heavy atom. The molecule has 2 aromatic carbocycles. The number of methoxy groups -OCH3 is 1. The summed E-state index contributed by atoms with van der Waals surface area (Å²) in [6.07, 6.45) is 1.94. The van der Waals surface area contributed by atoms with Gasteiger partial charge in [0.05, 0.1) is 12.6 Å². The summed E-state index contributed by atoms with van der Waals surface area (Å²) < 4.78 is 5.18. The maximum absolute atomic E-state index is 12.2. The molecule has 1 saturated carbocycles. The number of urea groups is 1. The lowest BCUT2D eigenvalue weighted by Gasteiger charge is -2.19. The highest BCUT2D eigenvalue weighted by molar-refractivity contribution is 5.75. The summed E-state index contributed by atoms with van der Waals surface area (Å²) >= 11 is 0. The van der Waals surface area contributed by atoms with Gasteiger partial charge < -0.3 is 15.4 Å². The average molecular weight is 310 g/mol. The molecule has 0 saturated heterocycles. The van der Waals surface area contributed by atoms with E-state index < -0.39 is 0 Å². The molecule has 0 aliphatic heterocycles. The molecule has 0 atom stereocenters. The van der Waals surface area contributed by atoms with Crippen LogP contribution in [0.3, 0.4) is 0 Å². The van der Waals surface area contributed by atoms with Crippen LogP contribution in [0.1, 0.15) is 29.5 Å². The molecule has 2 N–H and O–H groups in total. The Morgan fingerprint density at radius 3 is 2.52 bits per heavy atom. The average Bonchev–Trinajstić information content (AvgIpc) is 3.34. The maximum atomic E-state index is 12.2. The van der Waals surface area contributed by atoms with Crippen LogP contribution in [-0.2, 0) is 12.1 Å². The predicted octanol–water partition coefficient (Wildman–Crippen LogP) is 3.49. The zero-order chi connectivity index (χ0) is 16.3. The van der Waals surface area contributed by atoms with Gasteiger partial charge in [-0.3, -0.25) is 0 Å². The molecule has 1 fully saturated rings. The first-order chi connectivity index (χ1) is 11.1. The highest BCUT2D eigenvalue weighted by Gasteiger charge is 2.45. The second-order valence-electron chi connectivity index (χ2n) is 6.11. The van der Waals surface area contributed by atoms with E-state index in [1.807, 2.05) is 49.4 Å². The van der Waals surface area contributed by atoms with E-state index in [4.69, 9.17) is 4.74 Å². The van der Waals surface area contributed by atoms with Gasteiger partial charge in [-0.15, -0.1) is 0 Å². The Balaban J connectivity index is 1.58. The van der Waals surface area contributed by atoms with Crippen molar-refractivity contribution in [2.75, 3.05) is 7.11 Å². The van der Waals surface area contributed by atoms with Gasteiger partial charge >= 0.3 is 6.03 Å². The molecule has 4 heteroatoms. The zero-order valence-electron chi connectivity index (χ0n) is 13.6. The molecule has 0 radical (unpaired) electrons. The first-order valence-corrected chi connectivity index (χ1v) is 7.87. The third-order valence-electron chi connectivity index (χ3n) is 4.28. The number of ether oxygens (including phenoxy) is 1. The van der Waals surface area contributed by atoms with Crippen molar-refractivity contribution < 1.29 is 9.53 Å². The minimum absolute atomic E-state index is 0.125. The number of rotatable bonds is 5. The van der Waals surface area contributed by atoms with Gasteiger partial charge in [0.25, 0.3) is 0 Å². The minimum Gasteiger partial charge on any atom is -0.497 e. The molecule has 2 amide bonds. The van der Waals surface area contributed by atoms with E-state index in [1.165, 1.54) is 5.56 Å². The monoisotopic (exact) mass is 310 g/mol. The molecule has 0 spiro atoms. The first kappa shape index (κ1) is 15.4. The number of nitrogens with one attached hydrogen (secondary N) is 2. The van der Waals surface area contributed by atoms with Crippen molar-refractivity contribution >= 4 is 6.03 Å².